The van der Waals surface area contributed by atoms with Crippen molar-refractivity contribution in [2.75, 3.05) is 0 Å². The first-order chi connectivity index (χ1) is 9.83. The molecule has 0 unspecified atom stereocenters. The Morgan fingerprint density at radius 3 is 2.65 bits per heavy atom. The monoisotopic (exact) mass is 264 g/mol. The first kappa shape index (κ1) is 11.3. The Morgan fingerprint density at radius 1 is 1.05 bits per heavy atom. The van der Waals surface area contributed by atoms with Crippen molar-refractivity contribution in [3.05, 3.63) is 58.6 Å². The van der Waals surface area contributed by atoms with Gasteiger partial charge in [-0.2, -0.15) is 14.9 Å². The lowest BCUT2D eigenvalue weighted by atomic mass is 10.2. The molecule has 3 aromatic rings. The van der Waals surface area contributed by atoms with E-state index in [-0.39, 0.29) is 5.56 Å². The second-order valence-electron chi connectivity index (χ2n) is 5.04. The van der Waals surface area contributed by atoms with E-state index in [1.165, 1.54) is 17.5 Å². The minimum absolute atomic E-state index is 0.170. The van der Waals surface area contributed by atoms with Crippen molar-refractivity contribution in [2.24, 2.45) is 0 Å². The SMILES string of the molecule is O=c1c2ccccc2cnn1-c1ccc(C2CC2)nn1. The van der Waals surface area contributed by atoms with Crippen molar-refractivity contribution in [3.8, 4) is 5.82 Å². The first-order valence-corrected chi connectivity index (χ1v) is 6.64. The summed E-state index contributed by atoms with van der Waals surface area (Å²) in [5.41, 5.74) is 0.833. The summed E-state index contributed by atoms with van der Waals surface area (Å²) in [5.74, 6) is 1.02. The van der Waals surface area contributed by atoms with Gasteiger partial charge in [0.2, 0.25) is 0 Å². The molecule has 0 N–H and O–H groups in total. The summed E-state index contributed by atoms with van der Waals surface area (Å²) in [5, 5.41) is 14.0. The van der Waals surface area contributed by atoms with E-state index in [1.807, 2.05) is 30.3 Å². The molecule has 0 spiro atoms. The van der Waals surface area contributed by atoms with Crippen molar-refractivity contribution < 1.29 is 0 Å². The van der Waals surface area contributed by atoms with Crippen LogP contribution >= 0.6 is 0 Å². The number of rotatable bonds is 2. The molecule has 0 bridgehead atoms. The molecule has 2 heterocycles. The minimum Gasteiger partial charge on any atom is -0.267 e. The van der Waals surface area contributed by atoms with Crippen LogP contribution < -0.4 is 5.56 Å². The standard InChI is InChI=1S/C15H12N4O/c20-15-12-4-2-1-3-11(12)9-16-19(15)14-8-7-13(17-18-14)10-5-6-10/h1-4,7-10H,5-6H2. The summed E-state index contributed by atoms with van der Waals surface area (Å²) in [6.07, 6.45) is 4.04. The lowest BCUT2D eigenvalue weighted by molar-refractivity contribution is 0.759. The van der Waals surface area contributed by atoms with Gasteiger partial charge in [0, 0.05) is 11.3 Å². The molecule has 2 aromatic heterocycles. The predicted octanol–water partition coefficient (Wildman–Crippen LogP) is 2.05. The van der Waals surface area contributed by atoms with E-state index in [0.717, 1.165) is 11.1 Å². The Labute approximate surface area is 114 Å². The predicted molar refractivity (Wildman–Crippen MR) is 74.9 cm³/mol. The summed E-state index contributed by atoms with van der Waals surface area (Å²) in [7, 11) is 0. The van der Waals surface area contributed by atoms with E-state index >= 15 is 0 Å². The molecule has 4 rings (SSSR count). The van der Waals surface area contributed by atoms with E-state index in [0.29, 0.717) is 17.1 Å². The zero-order valence-electron chi connectivity index (χ0n) is 10.7. The maximum absolute atomic E-state index is 12.4. The van der Waals surface area contributed by atoms with Crippen LogP contribution in [0.2, 0.25) is 0 Å². The second-order valence-corrected chi connectivity index (χ2v) is 5.04. The maximum atomic E-state index is 12.4. The average molecular weight is 264 g/mol. The Morgan fingerprint density at radius 2 is 1.90 bits per heavy atom. The number of benzene rings is 1. The molecule has 1 aliphatic carbocycles. The van der Waals surface area contributed by atoms with E-state index in [4.69, 9.17) is 0 Å². The molecule has 20 heavy (non-hydrogen) atoms. The van der Waals surface area contributed by atoms with Gasteiger partial charge in [-0.05, 0) is 31.0 Å². The highest BCUT2D eigenvalue weighted by molar-refractivity contribution is 5.80. The van der Waals surface area contributed by atoms with Crippen LogP contribution in [-0.4, -0.2) is 20.0 Å². The van der Waals surface area contributed by atoms with Gasteiger partial charge in [0.1, 0.15) is 0 Å². The summed E-state index contributed by atoms with van der Waals surface area (Å²) in [6.45, 7) is 0. The Bertz CT molecular complexity index is 834. The van der Waals surface area contributed by atoms with Crippen molar-refractivity contribution in [1.29, 1.82) is 0 Å². The summed E-state index contributed by atoms with van der Waals surface area (Å²) in [6, 6.07) is 11.1. The van der Waals surface area contributed by atoms with Crippen LogP contribution in [-0.2, 0) is 0 Å². The van der Waals surface area contributed by atoms with Crippen molar-refractivity contribution in [2.45, 2.75) is 18.8 Å². The molecule has 98 valence electrons. The Hall–Kier alpha value is -2.56. The first-order valence-electron chi connectivity index (χ1n) is 6.64. The number of hydrogen-bond acceptors (Lipinski definition) is 4. The largest absolute Gasteiger partial charge is 0.280 e. The number of aromatic nitrogens is 4. The van der Waals surface area contributed by atoms with Gasteiger partial charge >= 0.3 is 0 Å². The average Bonchev–Trinajstić information content (AvgIpc) is 3.33. The van der Waals surface area contributed by atoms with Gasteiger partial charge in [-0.15, -0.1) is 5.10 Å². The highest BCUT2D eigenvalue weighted by Crippen LogP contribution is 2.38. The Kier molecular flexibility index (Phi) is 2.39. The minimum atomic E-state index is -0.170. The van der Waals surface area contributed by atoms with Gasteiger partial charge in [-0.1, -0.05) is 18.2 Å². The quantitative estimate of drug-likeness (QED) is 0.710. The fraction of sp³-hybridized carbons (Fsp3) is 0.200. The summed E-state index contributed by atoms with van der Waals surface area (Å²) < 4.78 is 1.30. The summed E-state index contributed by atoms with van der Waals surface area (Å²) >= 11 is 0. The third-order valence-corrected chi connectivity index (χ3v) is 3.58. The van der Waals surface area contributed by atoms with E-state index in [1.54, 1.807) is 12.3 Å². The van der Waals surface area contributed by atoms with Crippen LogP contribution in [0.15, 0.2) is 47.4 Å². The normalized spacial score (nSPS) is 14.6. The van der Waals surface area contributed by atoms with Gasteiger partial charge in [-0.3, -0.25) is 4.79 Å². The Balaban J connectivity index is 1.84. The second kappa shape index (κ2) is 4.23. The van der Waals surface area contributed by atoms with Crippen molar-refractivity contribution >= 4 is 10.8 Å². The molecular weight excluding hydrogens is 252 g/mol. The third kappa shape index (κ3) is 1.79. The molecule has 1 aliphatic rings. The van der Waals surface area contributed by atoms with E-state index < -0.39 is 0 Å². The van der Waals surface area contributed by atoms with Gasteiger partial charge in [0.15, 0.2) is 5.82 Å². The zero-order chi connectivity index (χ0) is 13.5. The zero-order valence-corrected chi connectivity index (χ0v) is 10.7. The molecule has 0 atom stereocenters. The molecule has 1 aromatic carbocycles. The van der Waals surface area contributed by atoms with Gasteiger partial charge < -0.3 is 0 Å². The smallest absolute Gasteiger partial charge is 0.267 e. The fourth-order valence-corrected chi connectivity index (χ4v) is 2.30. The third-order valence-electron chi connectivity index (χ3n) is 3.58. The van der Waals surface area contributed by atoms with Crippen molar-refractivity contribution in [3.63, 3.8) is 0 Å². The lowest BCUT2D eigenvalue weighted by Crippen LogP contribution is -2.22. The fourth-order valence-electron chi connectivity index (χ4n) is 2.30. The summed E-state index contributed by atoms with van der Waals surface area (Å²) in [4.78, 5) is 12.4. The van der Waals surface area contributed by atoms with Crippen LogP contribution in [0.25, 0.3) is 16.6 Å². The van der Waals surface area contributed by atoms with Gasteiger partial charge in [0.05, 0.1) is 17.3 Å². The van der Waals surface area contributed by atoms with Crippen LogP contribution in [0, 0.1) is 0 Å². The molecule has 5 heteroatoms. The molecular formula is C15H12N4O. The highest BCUT2D eigenvalue weighted by atomic mass is 16.1. The maximum Gasteiger partial charge on any atom is 0.280 e. The molecule has 1 saturated carbocycles. The van der Waals surface area contributed by atoms with Crippen LogP contribution in [0.3, 0.4) is 0 Å². The number of nitrogens with zero attached hydrogens (tertiary/aromatic N) is 4. The van der Waals surface area contributed by atoms with Crippen LogP contribution in [0.5, 0.6) is 0 Å². The van der Waals surface area contributed by atoms with E-state index in [2.05, 4.69) is 15.3 Å². The van der Waals surface area contributed by atoms with E-state index in [9.17, 15) is 4.79 Å². The lowest BCUT2D eigenvalue weighted by Gasteiger charge is -2.04. The molecule has 0 aliphatic heterocycles. The molecule has 0 saturated heterocycles. The molecule has 5 nitrogen and oxygen atoms in total. The van der Waals surface area contributed by atoms with Gasteiger partial charge in [-0.25, -0.2) is 0 Å². The van der Waals surface area contributed by atoms with Crippen molar-refractivity contribution in [1.82, 2.24) is 20.0 Å². The van der Waals surface area contributed by atoms with Crippen LogP contribution in [0.4, 0.5) is 0 Å². The molecule has 0 radical (unpaired) electrons. The topological polar surface area (TPSA) is 60.7 Å². The highest BCUT2D eigenvalue weighted by Gasteiger charge is 2.25. The number of hydrogen-bond donors (Lipinski definition) is 0. The van der Waals surface area contributed by atoms with Crippen LogP contribution in [0.1, 0.15) is 24.5 Å². The molecule has 0 amide bonds. The number of fused-ring (bicyclic) bond motifs is 1. The molecule has 1 fully saturated rings. The van der Waals surface area contributed by atoms with Gasteiger partial charge in [0.25, 0.3) is 5.56 Å².